The molecule has 0 N–H and O–H groups in total. The molecule has 0 atom stereocenters. The molecule has 1 heterocycles. The van der Waals surface area contributed by atoms with Gasteiger partial charge in [-0.05, 0) is 63.9 Å². The molecule has 5 aromatic carbocycles. The summed E-state index contributed by atoms with van der Waals surface area (Å²) in [5.41, 5.74) is 3.86. The lowest BCUT2D eigenvalue weighted by Crippen LogP contribution is -1.81. The Kier molecular flexibility index (Phi) is 3.35. The zero-order valence-corrected chi connectivity index (χ0v) is 16.4. The number of hydrogen-bond acceptors (Lipinski definition) is 1. The smallest absolute Gasteiger partial charge is 0.0362 e. The number of hydrogen-bond donors (Lipinski definition) is 0. The lowest BCUT2D eigenvalue weighted by molar-refractivity contribution is 1.47. The predicted octanol–water partition coefficient (Wildman–Crippen LogP) is 8.34. The Labute approximate surface area is 167 Å². The third kappa shape index (κ3) is 2.37. The van der Waals surface area contributed by atoms with Crippen molar-refractivity contribution < 1.29 is 0 Å². The molecule has 0 amide bonds. The highest BCUT2D eigenvalue weighted by atomic mass is 32.1. The molecule has 0 saturated heterocycles. The van der Waals surface area contributed by atoms with Gasteiger partial charge in [0.25, 0.3) is 0 Å². The third-order valence-corrected chi connectivity index (χ3v) is 6.79. The van der Waals surface area contributed by atoms with Gasteiger partial charge in [-0.15, -0.1) is 11.3 Å². The number of thiophene rings is 1. The van der Waals surface area contributed by atoms with Crippen LogP contribution in [-0.4, -0.2) is 0 Å². The summed E-state index contributed by atoms with van der Waals surface area (Å²) in [6, 6.07) is 33.5. The van der Waals surface area contributed by atoms with E-state index in [9.17, 15) is 0 Å². The quantitative estimate of drug-likeness (QED) is 0.271. The van der Waals surface area contributed by atoms with Crippen LogP contribution < -0.4 is 0 Å². The average Bonchev–Trinajstić information content (AvgIpc) is 3.09. The zero-order valence-electron chi connectivity index (χ0n) is 15.6. The Balaban J connectivity index is 1.72. The maximum absolute atomic E-state index is 2.37. The molecular formula is C27H18S. The first-order valence-corrected chi connectivity index (χ1v) is 10.4. The summed E-state index contributed by atoms with van der Waals surface area (Å²) in [7, 11) is 0. The summed E-state index contributed by atoms with van der Waals surface area (Å²) in [6.07, 6.45) is 0. The maximum atomic E-state index is 2.37. The summed E-state index contributed by atoms with van der Waals surface area (Å²) in [5, 5.41) is 8.02. The Morgan fingerprint density at radius 3 is 2.18 bits per heavy atom. The van der Waals surface area contributed by atoms with Crippen molar-refractivity contribution in [1.29, 1.82) is 0 Å². The number of aryl methyl sites for hydroxylation is 1. The van der Waals surface area contributed by atoms with Gasteiger partial charge in [0.1, 0.15) is 0 Å². The highest BCUT2D eigenvalue weighted by Gasteiger charge is 2.11. The van der Waals surface area contributed by atoms with Crippen molar-refractivity contribution in [3.63, 3.8) is 0 Å². The van der Waals surface area contributed by atoms with Gasteiger partial charge in [0.15, 0.2) is 0 Å². The largest absolute Gasteiger partial charge is 0.135 e. The fourth-order valence-electron chi connectivity index (χ4n) is 4.28. The van der Waals surface area contributed by atoms with Crippen molar-refractivity contribution in [2.75, 3.05) is 0 Å². The standard InChI is InChI=1S/C27H18S/c1-17-5-4-8-19(13-17)22-10-9-18-11-12-25-27(23(18)14-22)24-15-20-6-2-3-7-21(20)16-26(24)28-25/h2-16H,1H3. The highest BCUT2D eigenvalue weighted by molar-refractivity contribution is 7.26. The topological polar surface area (TPSA) is 0 Å². The minimum absolute atomic E-state index is 1.28. The zero-order chi connectivity index (χ0) is 18.7. The van der Waals surface area contributed by atoms with Gasteiger partial charge in [0, 0.05) is 20.2 Å². The first-order valence-electron chi connectivity index (χ1n) is 9.61. The molecule has 6 rings (SSSR count). The van der Waals surface area contributed by atoms with Gasteiger partial charge < -0.3 is 0 Å². The number of benzene rings is 5. The first kappa shape index (κ1) is 15.9. The van der Waals surface area contributed by atoms with Crippen molar-refractivity contribution in [2.45, 2.75) is 6.92 Å². The second kappa shape index (κ2) is 5.92. The van der Waals surface area contributed by atoms with Gasteiger partial charge in [0.2, 0.25) is 0 Å². The normalized spacial score (nSPS) is 11.8. The third-order valence-electron chi connectivity index (χ3n) is 5.67. The van der Waals surface area contributed by atoms with Gasteiger partial charge in [0.05, 0.1) is 0 Å². The molecule has 132 valence electrons. The van der Waals surface area contributed by atoms with Crippen LogP contribution in [0.2, 0.25) is 0 Å². The van der Waals surface area contributed by atoms with E-state index in [1.807, 2.05) is 11.3 Å². The fourth-order valence-corrected chi connectivity index (χ4v) is 5.44. The molecule has 0 radical (unpaired) electrons. The molecule has 1 aromatic heterocycles. The van der Waals surface area contributed by atoms with E-state index >= 15 is 0 Å². The van der Waals surface area contributed by atoms with Gasteiger partial charge >= 0.3 is 0 Å². The van der Waals surface area contributed by atoms with Crippen molar-refractivity contribution >= 4 is 53.1 Å². The van der Waals surface area contributed by atoms with Crippen molar-refractivity contribution in [2.24, 2.45) is 0 Å². The molecule has 0 saturated carbocycles. The van der Waals surface area contributed by atoms with Crippen LogP contribution in [0.4, 0.5) is 0 Å². The molecule has 6 aromatic rings. The van der Waals surface area contributed by atoms with E-state index in [-0.39, 0.29) is 0 Å². The molecule has 0 aliphatic carbocycles. The summed E-state index contributed by atoms with van der Waals surface area (Å²) >= 11 is 1.90. The lowest BCUT2D eigenvalue weighted by Gasteiger charge is -2.07. The van der Waals surface area contributed by atoms with Crippen molar-refractivity contribution in [1.82, 2.24) is 0 Å². The molecule has 1 heteroatoms. The van der Waals surface area contributed by atoms with Crippen molar-refractivity contribution in [3.05, 3.63) is 96.6 Å². The van der Waals surface area contributed by atoms with E-state index in [0.717, 1.165) is 0 Å². The van der Waals surface area contributed by atoms with Gasteiger partial charge in [-0.2, -0.15) is 0 Å². The average molecular weight is 375 g/mol. The number of rotatable bonds is 1. The van der Waals surface area contributed by atoms with Crippen LogP contribution >= 0.6 is 11.3 Å². The molecule has 0 nitrogen and oxygen atoms in total. The Bertz CT molecular complexity index is 1520. The van der Waals surface area contributed by atoms with Crippen LogP contribution in [0.1, 0.15) is 5.56 Å². The SMILES string of the molecule is Cc1cccc(-c2ccc3ccc4sc5cc6ccccc6cc5c4c3c2)c1. The van der Waals surface area contributed by atoms with E-state index in [2.05, 4.69) is 97.9 Å². The van der Waals surface area contributed by atoms with Crippen LogP contribution in [0.3, 0.4) is 0 Å². The fraction of sp³-hybridized carbons (Fsp3) is 0.0370. The minimum Gasteiger partial charge on any atom is -0.135 e. The molecule has 0 aliphatic rings. The summed E-state index contributed by atoms with van der Waals surface area (Å²) in [5.74, 6) is 0. The van der Waals surface area contributed by atoms with E-state index in [1.54, 1.807) is 0 Å². The monoisotopic (exact) mass is 374 g/mol. The van der Waals surface area contributed by atoms with E-state index in [1.165, 1.54) is 58.4 Å². The first-order chi connectivity index (χ1) is 13.8. The van der Waals surface area contributed by atoms with E-state index < -0.39 is 0 Å². The molecule has 0 bridgehead atoms. The second-order valence-corrected chi connectivity index (χ2v) is 8.63. The Morgan fingerprint density at radius 1 is 0.536 bits per heavy atom. The highest BCUT2D eigenvalue weighted by Crippen LogP contribution is 2.41. The van der Waals surface area contributed by atoms with Gasteiger partial charge in [-0.3, -0.25) is 0 Å². The number of fused-ring (bicyclic) bond motifs is 6. The minimum atomic E-state index is 1.28. The van der Waals surface area contributed by atoms with Crippen molar-refractivity contribution in [3.8, 4) is 11.1 Å². The van der Waals surface area contributed by atoms with Crippen LogP contribution in [0.5, 0.6) is 0 Å². The van der Waals surface area contributed by atoms with Crippen LogP contribution in [0, 0.1) is 6.92 Å². The summed E-state index contributed by atoms with van der Waals surface area (Å²) in [4.78, 5) is 0. The summed E-state index contributed by atoms with van der Waals surface area (Å²) < 4.78 is 2.72. The Hall–Kier alpha value is -3.16. The predicted molar refractivity (Wildman–Crippen MR) is 125 cm³/mol. The van der Waals surface area contributed by atoms with E-state index in [0.29, 0.717) is 0 Å². The van der Waals surface area contributed by atoms with Gasteiger partial charge in [-0.1, -0.05) is 72.3 Å². The van der Waals surface area contributed by atoms with E-state index in [4.69, 9.17) is 0 Å². The van der Waals surface area contributed by atoms with Gasteiger partial charge in [-0.25, -0.2) is 0 Å². The molecular weight excluding hydrogens is 356 g/mol. The Morgan fingerprint density at radius 2 is 1.32 bits per heavy atom. The molecule has 0 aliphatic heterocycles. The molecule has 0 fully saturated rings. The van der Waals surface area contributed by atoms with Crippen LogP contribution in [-0.2, 0) is 0 Å². The lowest BCUT2D eigenvalue weighted by atomic mass is 9.97. The second-order valence-electron chi connectivity index (χ2n) is 7.54. The molecule has 0 unspecified atom stereocenters. The molecule has 28 heavy (non-hydrogen) atoms. The summed E-state index contributed by atoms with van der Waals surface area (Å²) in [6.45, 7) is 2.15. The molecule has 0 spiro atoms. The van der Waals surface area contributed by atoms with Crippen LogP contribution in [0.25, 0.3) is 52.8 Å². The maximum Gasteiger partial charge on any atom is 0.0362 e. The van der Waals surface area contributed by atoms with Crippen LogP contribution in [0.15, 0.2) is 91.0 Å².